The van der Waals surface area contributed by atoms with E-state index in [1.54, 1.807) is 12.3 Å². The number of pyridine rings is 1. The second kappa shape index (κ2) is 6.25. The lowest BCUT2D eigenvalue weighted by atomic mass is 9.91. The summed E-state index contributed by atoms with van der Waals surface area (Å²) in [6, 6.07) is 1.80. The Bertz CT molecular complexity index is 386. The smallest absolute Gasteiger partial charge is 0.146 e. The van der Waals surface area contributed by atoms with Crippen molar-refractivity contribution in [2.75, 3.05) is 13.2 Å². The monoisotopic (exact) mass is 252 g/mol. The maximum atomic E-state index is 13.9. The third-order valence-corrected chi connectivity index (χ3v) is 3.45. The van der Waals surface area contributed by atoms with E-state index in [0.717, 1.165) is 19.4 Å². The van der Waals surface area contributed by atoms with Crippen LogP contribution in [-0.4, -0.2) is 24.2 Å². The van der Waals surface area contributed by atoms with Crippen LogP contribution in [0.4, 0.5) is 4.39 Å². The predicted octanol–water partition coefficient (Wildman–Crippen LogP) is 2.69. The van der Waals surface area contributed by atoms with E-state index in [0.29, 0.717) is 18.1 Å². The molecular formula is C14H21FN2O. The Morgan fingerprint density at radius 1 is 1.61 bits per heavy atom. The molecule has 0 radical (unpaired) electrons. The van der Waals surface area contributed by atoms with Gasteiger partial charge in [-0.3, -0.25) is 4.98 Å². The van der Waals surface area contributed by atoms with E-state index in [1.807, 2.05) is 0 Å². The number of aromatic nitrogens is 1. The fraction of sp³-hybridized carbons (Fsp3) is 0.643. The summed E-state index contributed by atoms with van der Waals surface area (Å²) >= 11 is 0. The minimum absolute atomic E-state index is 0.0258. The van der Waals surface area contributed by atoms with Crippen molar-refractivity contribution in [3.8, 4) is 0 Å². The van der Waals surface area contributed by atoms with E-state index in [9.17, 15) is 4.39 Å². The Morgan fingerprint density at radius 3 is 3.06 bits per heavy atom. The Hall–Kier alpha value is -1.00. The van der Waals surface area contributed by atoms with Crippen LogP contribution < -0.4 is 5.32 Å². The number of nitrogens with zero attached hydrogens (tertiary/aromatic N) is 1. The highest BCUT2D eigenvalue weighted by molar-refractivity contribution is 5.19. The maximum absolute atomic E-state index is 13.9. The van der Waals surface area contributed by atoms with Gasteiger partial charge in [0.2, 0.25) is 0 Å². The van der Waals surface area contributed by atoms with Crippen molar-refractivity contribution < 1.29 is 9.13 Å². The van der Waals surface area contributed by atoms with Crippen LogP contribution in [-0.2, 0) is 4.74 Å². The van der Waals surface area contributed by atoms with Crippen LogP contribution in [0.15, 0.2) is 18.5 Å². The number of hydrogen-bond donors (Lipinski definition) is 1. The molecule has 0 saturated carbocycles. The minimum Gasteiger partial charge on any atom is -0.378 e. The fourth-order valence-electron chi connectivity index (χ4n) is 2.55. The highest BCUT2D eigenvalue weighted by atomic mass is 19.1. The third-order valence-electron chi connectivity index (χ3n) is 3.45. The zero-order valence-electron chi connectivity index (χ0n) is 11.0. The topological polar surface area (TPSA) is 34.2 Å². The van der Waals surface area contributed by atoms with Crippen LogP contribution in [0.2, 0.25) is 0 Å². The average Bonchev–Trinajstić information content (AvgIpc) is 2.78. The molecule has 1 aromatic heterocycles. The van der Waals surface area contributed by atoms with Gasteiger partial charge in [0.05, 0.1) is 18.9 Å². The van der Waals surface area contributed by atoms with Gasteiger partial charge in [0, 0.05) is 23.7 Å². The average molecular weight is 252 g/mol. The van der Waals surface area contributed by atoms with Gasteiger partial charge in [-0.15, -0.1) is 0 Å². The molecule has 1 aliphatic heterocycles. The van der Waals surface area contributed by atoms with E-state index in [1.165, 1.54) is 6.20 Å². The molecule has 1 fully saturated rings. The number of nitrogens with one attached hydrogen (secondary N) is 1. The molecular weight excluding hydrogens is 231 g/mol. The normalized spacial score (nSPS) is 25.3. The summed E-state index contributed by atoms with van der Waals surface area (Å²) in [6.45, 7) is 5.77. The van der Waals surface area contributed by atoms with Gasteiger partial charge in [-0.1, -0.05) is 6.92 Å². The largest absolute Gasteiger partial charge is 0.378 e. The van der Waals surface area contributed by atoms with Crippen molar-refractivity contribution in [1.82, 2.24) is 10.3 Å². The Balaban J connectivity index is 2.17. The molecule has 0 aromatic carbocycles. The molecule has 100 valence electrons. The van der Waals surface area contributed by atoms with Gasteiger partial charge in [0.25, 0.3) is 0 Å². The van der Waals surface area contributed by atoms with Gasteiger partial charge in [-0.2, -0.15) is 0 Å². The van der Waals surface area contributed by atoms with Crippen molar-refractivity contribution in [3.05, 3.63) is 29.8 Å². The van der Waals surface area contributed by atoms with Gasteiger partial charge in [-0.25, -0.2) is 4.39 Å². The van der Waals surface area contributed by atoms with E-state index in [-0.39, 0.29) is 18.0 Å². The molecule has 0 aliphatic carbocycles. The van der Waals surface area contributed by atoms with Crippen molar-refractivity contribution in [2.45, 2.75) is 38.8 Å². The summed E-state index contributed by atoms with van der Waals surface area (Å²) in [5.41, 5.74) is 0.709. The first kappa shape index (κ1) is 13.4. The first-order valence-electron chi connectivity index (χ1n) is 6.66. The van der Waals surface area contributed by atoms with Crippen LogP contribution in [0.5, 0.6) is 0 Å². The quantitative estimate of drug-likeness (QED) is 0.875. The molecule has 18 heavy (non-hydrogen) atoms. The number of rotatable bonds is 5. The molecule has 2 rings (SSSR count). The van der Waals surface area contributed by atoms with Gasteiger partial charge in [0.15, 0.2) is 0 Å². The fourth-order valence-corrected chi connectivity index (χ4v) is 2.55. The van der Waals surface area contributed by atoms with Crippen LogP contribution >= 0.6 is 0 Å². The van der Waals surface area contributed by atoms with E-state index >= 15 is 0 Å². The molecule has 1 aliphatic rings. The highest BCUT2D eigenvalue weighted by Gasteiger charge is 2.31. The molecule has 0 amide bonds. The lowest BCUT2D eigenvalue weighted by Gasteiger charge is -2.24. The van der Waals surface area contributed by atoms with Gasteiger partial charge < -0.3 is 10.1 Å². The zero-order valence-corrected chi connectivity index (χ0v) is 11.0. The van der Waals surface area contributed by atoms with E-state index < -0.39 is 0 Å². The van der Waals surface area contributed by atoms with Gasteiger partial charge in [-0.05, 0) is 32.4 Å². The van der Waals surface area contributed by atoms with E-state index in [4.69, 9.17) is 4.74 Å². The Kier molecular flexibility index (Phi) is 4.66. The summed E-state index contributed by atoms with van der Waals surface area (Å²) in [7, 11) is 0. The van der Waals surface area contributed by atoms with Crippen molar-refractivity contribution in [2.24, 2.45) is 5.92 Å². The number of halogens is 1. The number of hydrogen-bond acceptors (Lipinski definition) is 3. The molecule has 1 N–H and O–H groups in total. The zero-order chi connectivity index (χ0) is 13.0. The molecule has 1 saturated heterocycles. The SMILES string of the molecule is CCCNC(c1ccncc1F)C1COC(C)C1. The van der Waals surface area contributed by atoms with Crippen LogP contribution in [0.3, 0.4) is 0 Å². The lowest BCUT2D eigenvalue weighted by molar-refractivity contribution is 0.116. The maximum Gasteiger partial charge on any atom is 0.146 e. The highest BCUT2D eigenvalue weighted by Crippen LogP contribution is 2.32. The molecule has 0 bridgehead atoms. The Labute approximate surface area is 108 Å². The number of ether oxygens (including phenoxy) is 1. The molecule has 1 aromatic rings. The molecule has 3 unspecified atom stereocenters. The first-order chi connectivity index (χ1) is 8.72. The summed E-state index contributed by atoms with van der Waals surface area (Å²) in [6.07, 6.45) is 5.22. The summed E-state index contributed by atoms with van der Waals surface area (Å²) < 4.78 is 19.5. The summed E-state index contributed by atoms with van der Waals surface area (Å²) in [4.78, 5) is 3.82. The van der Waals surface area contributed by atoms with Crippen LogP contribution in [0.1, 0.15) is 38.3 Å². The Morgan fingerprint density at radius 2 is 2.44 bits per heavy atom. The standard InChI is InChI=1S/C14H21FN2O/c1-3-5-17-14(11-7-10(2)18-9-11)12-4-6-16-8-13(12)15/h4,6,8,10-11,14,17H,3,5,7,9H2,1-2H3. The van der Waals surface area contributed by atoms with Crippen LogP contribution in [0.25, 0.3) is 0 Å². The third kappa shape index (κ3) is 3.06. The lowest BCUT2D eigenvalue weighted by Crippen LogP contribution is -2.30. The summed E-state index contributed by atoms with van der Waals surface area (Å²) in [5, 5.41) is 3.44. The second-order valence-electron chi connectivity index (χ2n) is 4.97. The van der Waals surface area contributed by atoms with Gasteiger partial charge >= 0.3 is 0 Å². The molecule has 4 heteroatoms. The van der Waals surface area contributed by atoms with Crippen molar-refractivity contribution in [1.29, 1.82) is 0 Å². The molecule has 2 heterocycles. The second-order valence-corrected chi connectivity index (χ2v) is 4.97. The molecule has 3 nitrogen and oxygen atoms in total. The van der Waals surface area contributed by atoms with Crippen molar-refractivity contribution in [3.63, 3.8) is 0 Å². The molecule has 0 spiro atoms. The molecule has 3 atom stereocenters. The van der Waals surface area contributed by atoms with Crippen LogP contribution in [0, 0.1) is 11.7 Å². The first-order valence-corrected chi connectivity index (χ1v) is 6.66. The van der Waals surface area contributed by atoms with Crippen molar-refractivity contribution >= 4 is 0 Å². The van der Waals surface area contributed by atoms with E-state index in [2.05, 4.69) is 24.1 Å². The van der Waals surface area contributed by atoms with Gasteiger partial charge in [0.1, 0.15) is 5.82 Å². The minimum atomic E-state index is -0.231. The summed E-state index contributed by atoms with van der Waals surface area (Å²) in [5.74, 6) is 0.106. The predicted molar refractivity (Wildman–Crippen MR) is 68.8 cm³/mol.